The van der Waals surface area contributed by atoms with E-state index in [0.29, 0.717) is 16.3 Å². The molecule has 0 saturated heterocycles. The molecule has 29 heavy (non-hydrogen) atoms. The Labute approximate surface area is 172 Å². The summed E-state index contributed by atoms with van der Waals surface area (Å²) in [5.41, 5.74) is 3.75. The maximum absolute atomic E-state index is 12.8. The number of benzene rings is 2. The molecule has 1 amide bonds. The van der Waals surface area contributed by atoms with Gasteiger partial charge in [-0.25, -0.2) is 4.98 Å². The monoisotopic (exact) mass is 430 g/mol. The fraction of sp³-hybridized carbons (Fsp3) is 0.0476. The number of nitrogens with zero attached hydrogens (tertiary/aromatic N) is 1. The number of carbonyl (C=O) groups excluding carboxylic acids is 1. The Morgan fingerprint density at radius 2 is 1.62 bits per heavy atom. The molecule has 0 fully saturated rings. The van der Waals surface area contributed by atoms with Gasteiger partial charge >= 0.3 is 12.1 Å². The van der Waals surface area contributed by atoms with E-state index in [9.17, 15) is 18.0 Å². The number of hydrogen-bond acceptors (Lipinski definition) is 4. The van der Waals surface area contributed by atoms with Gasteiger partial charge in [0.15, 0.2) is 0 Å². The second kappa shape index (κ2) is 7.81. The lowest BCUT2D eigenvalue weighted by Crippen LogP contribution is -2.29. The summed E-state index contributed by atoms with van der Waals surface area (Å²) in [6.45, 7) is 0. The molecular weight excluding hydrogens is 417 g/mol. The second-order valence-corrected chi connectivity index (χ2v) is 7.89. The van der Waals surface area contributed by atoms with E-state index < -0.39 is 12.1 Å². The summed E-state index contributed by atoms with van der Waals surface area (Å²) >= 11 is 2.60. The van der Waals surface area contributed by atoms with Gasteiger partial charge in [-0.2, -0.15) is 24.5 Å². The molecule has 2 heterocycles. The lowest BCUT2D eigenvalue weighted by atomic mass is 10.1. The van der Waals surface area contributed by atoms with Crippen molar-refractivity contribution < 1.29 is 18.0 Å². The van der Waals surface area contributed by atoms with E-state index in [1.165, 1.54) is 0 Å². The first kappa shape index (κ1) is 19.4. The standard InChI is InChI=1S/C21H13F3N2OS2/c22-21(23,24)20(27)26-19-17(13-5-2-1-3-6-13)25-18(29-19)15-8-4-7-14(11-15)16-9-10-28-12-16/h1-12H,(H,26,27). The number of anilines is 1. The minimum absolute atomic E-state index is 0.0643. The van der Waals surface area contributed by atoms with Gasteiger partial charge < -0.3 is 5.32 Å². The first-order valence-electron chi connectivity index (χ1n) is 8.49. The van der Waals surface area contributed by atoms with Crippen LogP contribution in [0.15, 0.2) is 71.4 Å². The minimum atomic E-state index is -4.98. The summed E-state index contributed by atoms with van der Waals surface area (Å²) in [4.78, 5) is 16.1. The predicted molar refractivity (Wildman–Crippen MR) is 111 cm³/mol. The minimum Gasteiger partial charge on any atom is -0.308 e. The molecule has 1 N–H and O–H groups in total. The molecule has 2 aromatic heterocycles. The summed E-state index contributed by atoms with van der Waals surface area (Å²) in [5, 5.41) is 6.56. The molecule has 4 aromatic rings. The smallest absolute Gasteiger partial charge is 0.308 e. The van der Waals surface area contributed by atoms with Crippen molar-refractivity contribution in [3.8, 4) is 33.0 Å². The van der Waals surface area contributed by atoms with E-state index in [1.807, 2.05) is 46.4 Å². The van der Waals surface area contributed by atoms with Gasteiger partial charge in [0.2, 0.25) is 0 Å². The van der Waals surface area contributed by atoms with Crippen molar-refractivity contribution in [2.45, 2.75) is 6.18 Å². The molecule has 0 saturated carbocycles. The van der Waals surface area contributed by atoms with Crippen molar-refractivity contribution in [1.82, 2.24) is 4.98 Å². The molecule has 0 bridgehead atoms. The Kier molecular flexibility index (Phi) is 5.21. The van der Waals surface area contributed by atoms with Crippen LogP contribution in [0.4, 0.5) is 18.2 Å². The van der Waals surface area contributed by atoms with E-state index in [0.717, 1.165) is 28.0 Å². The number of halogens is 3. The van der Waals surface area contributed by atoms with E-state index in [-0.39, 0.29) is 5.00 Å². The summed E-state index contributed by atoms with van der Waals surface area (Å²) in [6.07, 6.45) is -4.98. The Bertz CT molecular complexity index is 1140. The van der Waals surface area contributed by atoms with Gasteiger partial charge in [-0.05, 0) is 34.0 Å². The third-order valence-electron chi connectivity index (χ3n) is 4.12. The van der Waals surface area contributed by atoms with Gasteiger partial charge in [0.1, 0.15) is 15.7 Å². The fourth-order valence-electron chi connectivity index (χ4n) is 2.75. The van der Waals surface area contributed by atoms with Crippen LogP contribution in [0.1, 0.15) is 0 Å². The Balaban J connectivity index is 1.77. The summed E-state index contributed by atoms with van der Waals surface area (Å²) in [7, 11) is 0. The van der Waals surface area contributed by atoms with E-state index in [2.05, 4.69) is 4.98 Å². The molecule has 0 aliphatic carbocycles. The Morgan fingerprint density at radius 1 is 0.897 bits per heavy atom. The van der Waals surface area contributed by atoms with Crippen LogP contribution in [0.5, 0.6) is 0 Å². The van der Waals surface area contributed by atoms with Crippen LogP contribution >= 0.6 is 22.7 Å². The van der Waals surface area contributed by atoms with Gasteiger partial charge in [0, 0.05) is 11.1 Å². The van der Waals surface area contributed by atoms with Gasteiger partial charge in [0.25, 0.3) is 0 Å². The molecule has 4 rings (SSSR count). The largest absolute Gasteiger partial charge is 0.471 e. The van der Waals surface area contributed by atoms with Crippen LogP contribution in [0.2, 0.25) is 0 Å². The third kappa shape index (κ3) is 4.23. The van der Waals surface area contributed by atoms with Crippen molar-refractivity contribution in [3.63, 3.8) is 0 Å². The number of hydrogen-bond donors (Lipinski definition) is 1. The zero-order valence-electron chi connectivity index (χ0n) is 14.7. The average molecular weight is 430 g/mol. The molecule has 8 heteroatoms. The van der Waals surface area contributed by atoms with Gasteiger partial charge in [0.05, 0.1) is 0 Å². The molecule has 0 atom stereocenters. The van der Waals surface area contributed by atoms with Crippen molar-refractivity contribution in [2.75, 3.05) is 5.32 Å². The maximum Gasteiger partial charge on any atom is 0.471 e. The van der Waals surface area contributed by atoms with E-state index >= 15 is 0 Å². The topological polar surface area (TPSA) is 42.0 Å². The fourth-order valence-corrected chi connectivity index (χ4v) is 4.40. The van der Waals surface area contributed by atoms with Crippen molar-refractivity contribution in [2.24, 2.45) is 0 Å². The quantitative estimate of drug-likeness (QED) is 0.391. The van der Waals surface area contributed by atoms with Crippen molar-refractivity contribution >= 4 is 33.6 Å². The SMILES string of the molecule is O=C(Nc1sc(-c2cccc(-c3ccsc3)c2)nc1-c1ccccc1)C(F)(F)F. The highest BCUT2D eigenvalue weighted by Gasteiger charge is 2.39. The molecule has 3 nitrogen and oxygen atoms in total. The highest BCUT2D eigenvalue weighted by atomic mass is 32.1. The Hall–Kier alpha value is -2.97. The predicted octanol–water partition coefficient (Wildman–Crippen LogP) is 6.71. The van der Waals surface area contributed by atoms with Gasteiger partial charge in [-0.3, -0.25) is 4.79 Å². The molecule has 146 valence electrons. The molecule has 0 unspecified atom stereocenters. The van der Waals surface area contributed by atoms with E-state index in [1.54, 1.807) is 41.7 Å². The highest BCUT2D eigenvalue weighted by Crippen LogP contribution is 2.39. The van der Waals surface area contributed by atoms with E-state index in [4.69, 9.17) is 0 Å². The van der Waals surface area contributed by atoms with Crippen LogP contribution in [-0.2, 0) is 4.79 Å². The van der Waals surface area contributed by atoms with Crippen LogP contribution in [-0.4, -0.2) is 17.1 Å². The first-order valence-corrected chi connectivity index (χ1v) is 10.2. The van der Waals surface area contributed by atoms with Crippen molar-refractivity contribution in [3.05, 3.63) is 71.4 Å². The lowest BCUT2D eigenvalue weighted by Gasteiger charge is -2.07. The van der Waals surface area contributed by atoms with Crippen LogP contribution in [0.3, 0.4) is 0 Å². The third-order valence-corrected chi connectivity index (χ3v) is 5.83. The maximum atomic E-state index is 12.8. The molecular formula is C21H13F3N2OS2. The van der Waals surface area contributed by atoms with Crippen LogP contribution in [0.25, 0.3) is 33.0 Å². The highest BCUT2D eigenvalue weighted by molar-refractivity contribution is 7.19. The van der Waals surface area contributed by atoms with Crippen LogP contribution in [0, 0.1) is 0 Å². The molecule has 0 aliphatic rings. The number of carbonyl (C=O) groups is 1. The van der Waals surface area contributed by atoms with Gasteiger partial charge in [-0.15, -0.1) is 0 Å². The number of thiophene rings is 1. The second-order valence-electron chi connectivity index (χ2n) is 6.11. The molecule has 0 radical (unpaired) electrons. The number of aromatic nitrogens is 1. The summed E-state index contributed by atoms with van der Waals surface area (Å²) in [5.74, 6) is -2.02. The molecule has 0 spiro atoms. The lowest BCUT2D eigenvalue weighted by molar-refractivity contribution is -0.167. The summed E-state index contributed by atoms with van der Waals surface area (Å²) in [6, 6.07) is 18.4. The number of alkyl halides is 3. The summed E-state index contributed by atoms with van der Waals surface area (Å²) < 4.78 is 38.3. The average Bonchev–Trinajstić information content (AvgIpc) is 3.38. The Morgan fingerprint density at radius 3 is 2.31 bits per heavy atom. The number of nitrogens with one attached hydrogen (secondary N) is 1. The number of thiazole rings is 1. The number of rotatable bonds is 4. The normalized spacial score (nSPS) is 11.4. The molecule has 2 aromatic carbocycles. The first-order chi connectivity index (χ1) is 13.9. The number of amides is 1. The van der Waals surface area contributed by atoms with Crippen molar-refractivity contribution in [1.29, 1.82) is 0 Å². The molecule has 0 aliphatic heterocycles. The zero-order chi connectivity index (χ0) is 20.4. The van der Waals surface area contributed by atoms with Gasteiger partial charge in [-0.1, -0.05) is 59.9 Å². The zero-order valence-corrected chi connectivity index (χ0v) is 16.4. The van der Waals surface area contributed by atoms with Crippen LogP contribution < -0.4 is 5.32 Å².